The molecule has 4 nitrogen and oxygen atoms in total. The number of nitrogens with zero attached hydrogens (tertiary/aromatic N) is 3. The Labute approximate surface area is 94.7 Å². The second-order valence-electron chi connectivity index (χ2n) is 2.78. The van der Waals surface area contributed by atoms with Crippen LogP contribution in [0.1, 0.15) is 0 Å². The Balaban J connectivity index is 3.32. The minimum Gasteiger partial charge on any atom is -0.347 e. The summed E-state index contributed by atoms with van der Waals surface area (Å²) < 4.78 is 11.2. The zero-order valence-electron chi connectivity index (χ0n) is 7.91. The van der Waals surface area contributed by atoms with Gasteiger partial charge in [-0.15, -0.1) is 0 Å². The second kappa shape index (κ2) is 4.42. The predicted octanol–water partition coefficient (Wildman–Crippen LogP) is 1.59. The number of hydrogen-bond acceptors (Lipinski definition) is 4. The van der Waals surface area contributed by atoms with Gasteiger partial charge < -0.3 is 4.90 Å². The molecule has 1 heterocycles. The Morgan fingerprint density at radius 1 is 1.21 bits per heavy atom. The molecule has 0 bridgehead atoms. The molecule has 7 heteroatoms. The lowest BCUT2D eigenvalue weighted by Gasteiger charge is -2.11. The molecule has 0 N–H and O–H groups in total. The molecule has 78 valence electrons. The first-order valence-electron chi connectivity index (χ1n) is 3.67. The molecular weight excluding hydrogens is 245 g/mol. The number of rotatable bonds is 2. The summed E-state index contributed by atoms with van der Waals surface area (Å²) in [6, 6.07) is 0. The fourth-order valence-electron chi connectivity index (χ4n) is 0.824. The molecule has 0 aromatic carbocycles. The van der Waals surface area contributed by atoms with Gasteiger partial charge in [-0.25, -0.2) is 0 Å². The maximum Gasteiger partial charge on any atom is 0.227 e. The first kappa shape index (κ1) is 11.7. The fourth-order valence-corrected chi connectivity index (χ4v) is 2.42. The van der Waals surface area contributed by atoms with E-state index in [1.807, 2.05) is 0 Å². The molecule has 14 heavy (non-hydrogen) atoms. The largest absolute Gasteiger partial charge is 0.347 e. The molecule has 1 atom stereocenters. The van der Waals surface area contributed by atoms with Crippen molar-refractivity contribution in [3.63, 3.8) is 0 Å². The van der Waals surface area contributed by atoms with Gasteiger partial charge in [-0.1, -0.05) is 23.2 Å². The van der Waals surface area contributed by atoms with Crippen LogP contribution in [0.5, 0.6) is 0 Å². The van der Waals surface area contributed by atoms with Crippen molar-refractivity contribution in [1.82, 2.24) is 9.97 Å². The summed E-state index contributed by atoms with van der Waals surface area (Å²) in [6.07, 6.45) is 1.48. The molecule has 0 fully saturated rings. The van der Waals surface area contributed by atoms with E-state index in [1.54, 1.807) is 19.0 Å². The van der Waals surface area contributed by atoms with Gasteiger partial charge in [0.1, 0.15) is 4.90 Å². The van der Waals surface area contributed by atoms with Crippen molar-refractivity contribution in [3.05, 3.63) is 10.3 Å². The summed E-state index contributed by atoms with van der Waals surface area (Å²) in [7, 11) is 2.26. The summed E-state index contributed by atoms with van der Waals surface area (Å²) in [6.45, 7) is 0. The van der Waals surface area contributed by atoms with Gasteiger partial charge in [0.2, 0.25) is 5.95 Å². The third kappa shape index (κ3) is 2.34. The van der Waals surface area contributed by atoms with E-state index in [-0.39, 0.29) is 15.2 Å². The van der Waals surface area contributed by atoms with Gasteiger partial charge in [0.25, 0.3) is 0 Å². The third-order valence-corrected chi connectivity index (χ3v) is 3.19. The second-order valence-corrected chi connectivity index (χ2v) is 4.82. The Hall–Kier alpha value is -0.390. The fraction of sp³-hybridized carbons (Fsp3) is 0.429. The van der Waals surface area contributed by atoms with Gasteiger partial charge in [-0.05, 0) is 0 Å². The van der Waals surface area contributed by atoms with Crippen LogP contribution in [0.25, 0.3) is 0 Å². The van der Waals surface area contributed by atoms with Crippen molar-refractivity contribution in [3.8, 4) is 0 Å². The average Bonchev–Trinajstić information content (AvgIpc) is 2.01. The minimum atomic E-state index is -1.28. The van der Waals surface area contributed by atoms with E-state index in [0.29, 0.717) is 5.95 Å². The van der Waals surface area contributed by atoms with Crippen LogP contribution in [0.3, 0.4) is 0 Å². The highest BCUT2D eigenvalue weighted by atomic mass is 35.5. The molecule has 1 aromatic heterocycles. The summed E-state index contributed by atoms with van der Waals surface area (Å²) >= 11 is 11.6. The van der Waals surface area contributed by atoms with E-state index < -0.39 is 10.8 Å². The average molecular weight is 254 g/mol. The zero-order valence-corrected chi connectivity index (χ0v) is 10.2. The van der Waals surface area contributed by atoms with Crippen molar-refractivity contribution in [2.45, 2.75) is 4.90 Å². The highest BCUT2D eigenvalue weighted by Gasteiger charge is 2.15. The van der Waals surface area contributed by atoms with Crippen molar-refractivity contribution < 1.29 is 4.21 Å². The van der Waals surface area contributed by atoms with Crippen LogP contribution < -0.4 is 4.90 Å². The minimum absolute atomic E-state index is 0.134. The first-order valence-corrected chi connectivity index (χ1v) is 5.98. The van der Waals surface area contributed by atoms with Gasteiger partial charge >= 0.3 is 0 Å². The molecule has 1 rings (SSSR count). The van der Waals surface area contributed by atoms with Crippen molar-refractivity contribution in [2.75, 3.05) is 25.3 Å². The summed E-state index contributed by atoms with van der Waals surface area (Å²) in [4.78, 5) is 9.86. The third-order valence-electron chi connectivity index (χ3n) is 1.46. The molecule has 0 spiro atoms. The quantitative estimate of drug-likeness (QED) is 0.752. The Bertz CT molecular complexity index is 360. The smallest absolute Gasteiger partial charge is 0.227 e. The predicted molar refractivity (Wildman–Crippen MR) is 58.7 cm³/mol. The lowest BCUT2D eigenvalue weighted by molar-refractivity contribution is 0.686. The van der Waals surface area contributed by atoms with Crippen LogP contribution >= 0.6 is 23.2 Å². The van der Waals surface area contributed by atoms with Crippen LogP contribution in [0, 0.1) is 0 Å². The number of halogens is 2. The van der Waals surface area contributed by atoms with Crippen molar-refractivity contribution in [1.29, 1.82) is 0 Å². The monoisotopic (exact) mass is 253 g/mol. The molecule has 0 aliphatic heterocycles. The van der Waals surface area contributed by atoms with Gasteiger partial charge in [-0.3, -0.25) is 4.21 Å². The molecule has 0 saturated heterocycles. The first-order chi connectivity index (χ1) is 6.43. The summed E-state index contributed by atoms with van der Waals surface area (Å²) in [5, 5.41) is 0.268. The van der Waals surface area contributed by atoms with E-state index >= 15 is 0 Å². The van der Waals surface area contributed by atoms with Gasteiger partial charge in [0, 0.05) is 20.4 Å². The highest BCUT2D eigenvalue weighted by molar-refractivity contribution is 7.84. The van der Waals surface area contributed by atoms with E-state index in [1.165, 1.54) is 6.26 Å². The van der Waals surface area contributed by atoms with E-state index in [2.05, 4.69) is 9.97 Å². The molecular formula is C7H9Cl2N3OS. The Kier molecular flexibility index (Phi) is 3.69. The molecule has 1 unspecified atom stereocenters. The molecule has 0 saturated carbocycles. The van der Waals surface area contributed by atoms with Crippen LogP contribution in [0.2, 0.25) is 10.3 Å². The van der Waals surface area contributed by atoms with E-state index in [0.717, 1.165) is 0 Å². The summed E-state index contributed by atoms with van der Waals surface area (Å²) in [5.74, 6) is 0.397. The van der Waals surface area contributed by atoms with Crippen LogP contribution in [-0.2, 0) is 10.8 Å². The number of aromatic nitrogens is 2. The Morgan fingerprint density at radius 2 is 1.64 bits per heavy atom. The zero-order chi connectivity index (χ0) is 10.9. The highest BCUT2D eigenvalue weighted by Crippen LogP contribution is 2.26. The van der Waals surface area contributed by atoms with Crippen LogP contribution in [-0.4, -0.2) is 34.5 Å². The van der Waals surface area contributed by atoms with Crippen LogP contribution in [0.15, 0.2) is 4.90 Å². The lowest BCUT2D eigenvalue weighted by atomic mass is 10.6. The standard InChI is InChI=1S/C7H9Cl2N3OS/c1-12(2)7-10-5(8)4(14(3)13)6(9)11-7/h1-3H3. The van der Waals surface area contributed by atoms with E-state index in [4.69, 9.17) is 23.2 Å². The molecule has 0 aliphatic carbocycles. The molecule has 0 aliphatic rings. The maximum atomic E-state index is 11.2. The van der Waals surface area contributed by atoms with Crippen molar-refractivity contribution >= 4 is 39.9 Å². The molecule has 0 amide bonds. The topological polar surface area (TPSA) is 46.1 Å². The normalized spacial score (nSPS) is 12.6. The van der Waals surface area contributed by atoms with Gasteiger partial charge in [0.05, 0.1) is 10.8 Å². The molecule has 1 aromatic rings. The number of hydrogen-bond donors (Lipinski definition) is 0. The maximum absolute atomic E-state index is 11.2. The van der Waals surface area contributed by atoms with Crippen LogP contribution in [0.4, 0.5) is 5.95 Å². The SMILES string of the molecule is CN(C)c1nc(Cl)c(S(C)=O)c(Cl)n1. The van der Waals surface area contributed by atoms with E-state index in [9.17, 15) is 4.21 Å². The van der Waals surface area contributed by atoms with Crippen molar-refractivity contribution in [2.24, 2.45) is 0 Å². The summed E-state index contributed by atoms with van der Waals surface area (Å²) in [5.41, 5.74) is 0. The Morgan fingerprint density at radius 3 is 1.93 bits per heavy atom. The number of anilines is 1. The van der Waals surface area contributed by atoms with Gasteiger partial charge in [0.15, 0.2) is 10.3 Å². The lowest BCUT2D eigenvalue weighted by Crippen LogP contribution is -2.13. The van der Waals surface area contributed by atoms with Gasteiger partial charge in [-0.2, -0.15) is 9.97 Å². The molecule has 0 radical (unpaired) electrons.